The van der Waals surface area contributed by atoms with Crippen molar-refractivity contribution in [1.82, 2.24) is 15.3 Å². The number of halogens is 1. The van der Waals surface area contributed by atoms with E-state index in [9.17, 15) is 4.79 Å². The molecule has 3 rings (SSSR count). The average Bonchev–Trinajstić information content (AvgIpc) is 2.57. The molecule has 0 saturated carbocycles. The third-order valence-corrected chi connectivity index (χ3v) is 3.39. The summed E-state index contributed by atoms with van der Waals surface area (Å²) in [6.07, 6.45) is 3.49. The minimum atomic E-state index is -0.0928. The van der Waals surface area contributed by atoms with Gasteiger partial charge in [-0.3, -0.25) is 4.79 Å². The summed E-state index contributed by atoms with van der Waals surface area (Å²) in [6.45, 7) is 2.19. The molecule has 0 bridgehead atoms. The summed E-state index contributed by atoms with van der Waals surface area (Å²) in [5.74, 6) is 0.545. The predicted octanol–water partition coefficient (Wildman–Crippen LogP) is 1.88. The number of anilines is 1. The summed E-state index contributed by atoms with van der Waals surface area (Å²) in [7, 11) is 0. The monoisotopic (exact) mass is 334 g/mol. The lowest BCUT2D eigenvalue weighted by Crippen LogP contribution is -2.40. The van der Waals surface area contributed by atoms with Gasteiger partial charge in [-0.05, 0) is 0 Å². The third kappa shape index (κ3) is 4.99. The van der Waals surface area contributed by atoms with Gasteiger partial charge in [-0.15, -0.1) is 12.4 Å². The molecule has 1 aliphatic heterocycles. The van der Waals surface area contributed by atoms with Crippen LogP contribution in [0.25, 0.3) is 11.4 Å². The van der Waals surface area contributed by atoms with Crippen LogP contribution in [0.2, 0.25) is 0 Å². The zero-order valence-electron chi connectivity index (χ0n) is 12.6. The van der Waals surface area contributed by atoms with Gasteiger partial charge in [0.15, 0.2) is 5.82 Å². The van der Waals surface area contributed by atoms with E-state index in [4.69, 9.17) is 4.74 Å². The number of carbonyl (C=O) groups excluding carboxylic acids is 1. The van der Waals surface area contributed by atoms with Crippen molar-refractivity contribution in [2.75, 3.05) is 25.0 Å². The van der Waals surface area contributed by atoms with Gasteiger partial charge in [0.25, 0.3) is 0 Å². The Labute approximate surface area is 141 Å². The van der Waals surface area contributed by atoms with Crippen molar-refractivity contribution in [2.24, 2.45) is 0 Å². The molecular weight excluding hydrogens is 316 g/mol. The highest BCUT2D eigenvalue weighted by Gasteiger charge is 2.17. The van der Waals surface area contributed by atoms with Crippen molar-refractivity contribution in [3.05, 3.63) is 42.7 Å². The number of carbonyl (C=O) groups is 1. The quantitative estimate of drug-likeness (QED) is 0.893. The number of morpholine rings is 1. The lowest BCUT2D eigenvalue weighted by atomic mass is 10.2. The fourth-order valence-corrected chi connectivity index (χ4v) is 2.30. The number of ether oxygens (including phenoxy) is 1. The Balaban J connectivity index is 0.00000192. The molecule has 1 fully saturated rings. The average molecular weight is 335 g/mol. The lowest BCUT2D eigenvalue weighted by Gasteiger charge is -2.22. The highest BCUT2D eigenvalue weighted by molar-refractivity contribution is 5.90. The molecule has 23 heavy (non-hydrogen) atoms. The van der Waals surface area contributed by atoms with Crippen LogP contribution >= 0.6 is 12.4 Å². The molecule has 1 aliphatic rings. The van der Waals surface area contributed by atoms with Crippen LogP contribution in [0.4, 0.5) is 5.69 Å². The molecule has 1 unspecified atom stereocenters. The van der Waals surface area contributed by atoms with Gasteiger partial charge < -0.3 is 15.4 Å². The summed E-state index contributed by atoms with van der Waals surface area (Å²) in [5, 5.41) is 6.00. The van der Waals surface area contributed by atoms with E-state index in [-0.39, 0.29) is 24.4 Å². The Hall–Kier alpha value is -2.02. The summed E-state index contributed by atoms with van der Waals surface area (Å²) >= 11 is 0. The van der Waals surface area contributed by atoms with Gasteiger partial charge in [-0.25, -0.2) is 9.97 Å². The first-order valence-electron chi connectivity index (χ1n) is 7.31. The van der Waals surface area contributed by atoms with Crippen LogP contribution in [-0.2, 0) is 9.53 Å². The second-order valence-electron chi connectivity index (χ2n) is 5.11. The minimum Gasteiger partial charge on any atom is -0.375 e. The Morgan fingerprint density at radius 1 is 1.26 bits per heavy atom. The van der Waals surface area contributed by atoms with Crippen LogP contribution in [0.5, 0.6) is 0 Å². The number of amides is 1. The predicted molar refractivity (Wildman–Crippen MR) is 90.6 cm³/mol. The first-order valence-corrected chi connectivity index (χ1v) is 7.31. The number of hydrogen-bond donors (Lipinski definition) is 2. The number of hydrogen-bond acceptors (Lipinski definition) is 5. The third-order valence-electron chi connectivity index (χ3n) is 3.39. The fraction of sp³-hybridized carbons (Fsp3) is 0.312. The van der Waals surface area contributed by atoms with Crippen molar-refractivity contribution in [2.45, 2.75) is 12.5 Å². The SMILES string of the molecule is Cl.O=C(CC1CNCCO1)Nc1cnc(-c2ccccc2)nc1. The van der Waals surface area contributed by atoms with Crippen LogP contribution in [0.3, 0.4) is 0 Å². The fourth-order valence-electron chi connectivity index (χ4n) is 2.30. The van der Waals surface area contributed by atoms with E-state index in [2.05, 4.69) is 20.6 Å². The first-order chi connectivity index (χ1) is 10.8. The molecule has 1 aromatic carbocycles. The highest BCUT2D eigenvalue weighted by Crippen LogP contribution is 2.15. The van der Waals surface area contributed by atoms with Crippen molar-refractivity contribution in [3.8, 4) is 11.4 Å². The largest absolute Gasteiger partial charge is 0.375 e. The molecule has 1 aromatic heterocycles. The summed E-state index contributed by atoms with van der Waals surface area (Å²) < 4.78 is 5.51. The van der Waals surface area contributed by atoms with Gasteiger partial charge in [0.1, 0.15) is 0 Å². The smallest absolute Gasteiger partial charge is 0.227 e. The second-order valence-corrected chi connectivity index (χ2v) is 5.11. The van der Waals surface area contributed by atoms with E-state index in [0.29, 0.717) is 31.1 Å². The molecule has 1 saturated heterocycles. The molecular formula is C16H19ClN4O2. The molecule has 122 valence electrons. The molecule has 1 amide bonds. The van der Waals surface area contributed by atoms with Crippen molar-refractivity contribution < 1.29 is 9.53 Å². The second kappa shape index (κ2) is 8.57. The number of aromatic nitrogens is 2. The Kier molecular flexibility index (Phi) is 6.46. The molecule has 7 heteroatoms. The molecule has 0 spiro atoms. The van der Waals surface area contributed by atoms with Crippen LogP contribution in [0.15, 0.2) is 42.7 Å². The van der Waals surface area contributed by atoms with E-state index >= 15 is 0 Å². The maximum absolute atomic E-state index is 12.0. The number of nitrogens with one attached hydrogen (secondary N) is 2. The van der Waals surface area contributed by atoms with Crippen molar-refractivity contribution in [1.29, 1.82) is 0 Å². The zero-order chi connectivity index (χ0) is 15.2. The Bertz CT molecular complexity index is 616. The summed E-state index contributed by atoms with van der Waals surface area (Å²) in [6, 6.07) is 9.71. The summed E-state index contributed by atoms with van der Waals surface area (Å²) in [4.78, 5) is 20.5. The van der Waals surface area contributed by atoms with E-state index in [1.165, 1.54) is 0 Å². The van der Waals surface area contributed by atoms with Crippen LogP contribution in [-0.4, -0.2) is 41.7 Å². The molecule has 6 nitrogen and oxygen atoms in total. The van der Waals surface area contributed by atoms with Crippen LogP contribution < -0.4 is 10.6 Å². The lowest BCUT2D eigenvalue weighted by molar-refractivity contribution is -0.119. The topological polar surface area (TPSA) is 76.1 Å². The molecule has 2 heterocycles. The van der Waals surface area contributed by atoms with Gasteiger partial charge in [0.05, 0.1) is 37.2 Å². The van der Waals surface area contributed by atoms with Crippen LogP contribution in [0, 0.1) is 0 Å². The first kappa shape index (κ1) is 17.3. The van der Waals surface area contributed by atoms with Gasteiger partial charge >= 0.3 is 0 Å². The van der Waals surface area contributed by atoms with Gasteiger partial charge in [0.2, 0.25) is 5.91 Å². The van der Waals surface area contributed by atoms with Crippen molar-refractivity contribution in [3.63, 3.8) is 0 Å². The Morgan fingerprint density at radius 3 is 2.65 bits per heavy atom. The minimum absolute atomic E-state index is 0. The molecule has 1 atom stereocenters. The maximum atomic E-state index is 12.0. The van der Waals surface area contributed by atoms with Gasteiger partial charge in [-0.1, -0.05) is 30.3 Å². The molecule has 2 N–H and O–H groups in total. The van der Waals surface area contributed by atoms with E-state index < -0.39 is 0 Å². The molecule has 0 radical (unpaired) electrons. The van der Waals surface area contributed by atoms with E-state index in [0.717, 1.165) is 12.1 Å². The number of nitrogens with zero attached hydrogens (tertiary/aromatic N) is 2. The number of rotatable bonds is 4. The van der Waals surface area contributed by atoms with Crippen molar-refractivity contribution >= 4 is 24.0 Å². The highest BCUT2D eigenvalue weighted by atomic mass is 35.5. The van der Waals surface area contributed by atoms with E-state index in [1.54, 1.807) is 12.4 Å². The molecule has 0 aliphatic carbocycles. The normalized spacial score (nSPS) is 17.1. The van der Waals surface area contributed by atoms with E-state index in [1.807, 2.05) is 30.3 Å². The van der Waals surface area contributed by atoms with Crippen LogP contribution in [0.1, 0.15) is 6.42 Å². The molecule has 2 aromatic rings. The van der Waals surface area contributed by atoms with Gasteiger partial charge in [-0.2, -0.15) is 0 Å². The summed E-state index contributed by atoms with van der Waals surface area (Å²) in [5.41, 5.74) is 1.54. The standard InChI is InChI=1S/C16H18N4O2.ClH/c21-15(8-14-11-17-6-7-22-14)20-13-9-18-16(19-10-13)12-4-2-1-3-5-12;/h1-5,9-10,14,17H,6-8,11H2,(H,20,21);1H. The Morgan fingerprint density at radius 2 is 2.00 bits per heavy atom. The zero-order valence-corrected chi connectivity index (χ0v) is 13.4. The maximum Gasteiger partial charge on any atom is 0.227 e. The van der Waals surface area contributed by atoms with Gasteiger partial charge in [0, 0.05) is 18.7 Å². The number of benzene rings is 1.